The zero-order chi connectivity index (χ0) is 25.2. The maximum Gasteiger partial charge on any atom is 0.251 e. The number of rotatable bonds is 7. The summed E-state index contributed by atoms with van der Waals surface area (Å²) in [7, 11) is 1.98. The molecular formula is C29H25N7O. The fourth-order valence-corrected chi connectivity index (χ4v) is 4.46. The average molecular weight is 488 g/mol. The highest BCUT2D eigenvalue weighted by molar-refractivity contribution is 5.98. The molecule has 0 bridgehead atoms. The third-order valence-electron chi connectivity index (χ3n) is 6.41. The molecule has 37 heavy (non-hydrogen) atoms. The molecule has 0 aliphatic heterocycles. The number of hydrogen-bond donors (Lipinski definition) is 1. The number of benzene rings is 3. The summed E-state index contributed by atoms with van der Waals surface area (Å²) in [6.45, 7) is 1.37. The maximum absolute atomic E-state index is 12.9. The van der Waals surface area contributed by atoms with Gasteiger partial charge in [0.1, 0.15) is 0 Å². The van der Waals surface area contributed by atoms with Gasteiger partial charge in [0, 0.05) is 49.2 Å². The molecular weight excluding hydrogens is 462 g/mol. The second-order valence-corrected chi connectivity index (χ2v) is 8.96. The molecule has 8 nitrogen and oxygen atoms in total. The van der Waals surface area contributed by atoms with Gasteiger partial charge in [-0.3, -0.25) is 4.79 Å². The van der Waals surface area contributed by atoms with Crippen molar-refractivity contribution in [2.45, 2.75) is 13.0 Å². The van der Waals surface area contributed by atoms with Crippen molar-refractivity contribution in [2.24, 2.45) is 7.05 Å². The summed E-state index contributed by atoms with van der Waals surface area (Å²) in [5, 5.41) is 3.00. The molecule has 0 fully saturated rings. The van der Waals surface area contributed by atoms with Gasteiger partial charge in [0.2, 0.25) is 0 Å². The predicted molar refractivity (Wildman–Crippen MR) is 144 cm³/mol. The van der Waals surface area contributed by atoms with Crippen LogP contribution in [-0.2, 0) is 13.6 Å². The van der Waals surface area contributed by atoms with Gasteiger partial charge in [0.05, 0.1) is 46.1 Å². The van der Waals surface area contributed by atoms with Crippen LogP contribution in [-0.4, -0.2) is 41.5 Å². The smallest absolute Gasteiger partial charge is 0.251 e. The van der Waals surface area contributed by atoms with Crippen molar-refractivity contribution in [3.05, 3.63) is 97.3 Å². The minimum absolute atomic E-state index is 0.127. The molecule has 6 rings (SSSR count). The molecule has 0 saturated heterocycles. The van der Waals surface area contributed by atoms with Crippen LogP contribution < -0.4 is 5.32 Å². The van der Waals surface area contributed by atoms with Crippen molar-refractivity contribution < 1.29 is 4.79 Å². The van der Waals surface area contributed by atoms with Crippen molar-refractivity contribution in [3.63, 3.8) is 0 Å². The quantitative estimate of drug-likeness (QED) is 0.325. The number of carbonyl (C=O) groups is 1. The Hall–Kier alpha value is -4.85. The number of amides is 1. The van der Waals surface area contributed by atoms with E-state index >= 15 is 0 Å². The Morgan fingerprint density at radius 3 is 2.54 bits per heavy atom. The van der Waals surface area contributed by atoms with E-state index in [1.165, 1.54) is 0 Å². The second-order valence-electron chi connectivity index (χ2n) is 8.96. The van der Waals surface area contributed by atoms with Crippen LogP contribution >= 0.6 is 0 Å². The van der Waals surface area contributed by atoms with Gasteiger partial charge < -0.3 is 14.5 Å². The Bertz CT molecular complexity index is 1710. The Labute approximate surface area is 213 Å². The van der Waals surface area contributed by atoms with Gasteiger partial charge >= 0.3 is 0 Å². The first-order chi connectivity index (χ1) is 18.2. The van der Waals surface area contributed by atoms with E-state index in [2.05, 4.69) is 15.3 Å². The molecule has 0 atom stereocenters. The summed E-state index contributed by atoms with van der Waals surface area (Å²) in [6.07, 6.45) is 8.06. The summed E-state index contributed by atoms with van der Waals surface area (Å²) >= 11 is 0. The number of carbonyl (C=O) groups excluding carboxylic acids is 1. The van der Waals surface area contributed by atoms with Crippen LogP contribution in [0.15, 0.2) is 91.8 Å². The van der Waals surface area contributed by atoms with Crippen LogP contribution in [0.4, 0.5) is 0 Å². The lowest BCUT2D eigenvalue weighted by atomic mass is 10.0. The topological polar surface area (TPSA) is 90.5 Å². The third-order valence-corrected chi connectivity index (χ3v) is 6.41. The molecule has 1 amide bonds. The van der Waals surface area contributed by atoms with Crippen LogP contribution in [0.3, 0.4) is 0 Å². The SMILES string of the molecule is Cn1cnc2cc(-c3nc4cc(C(=O)NCCCn5ccnc5)ccc4nc3-c3ccccc3)ccc21. The van der Waals surface area contributed by atoms with E-state index in [1.807, 2.05) is 83.0 Å². The molecule has 3 aromatic heterocycles. The van der Waals surface area contributed by atoms with E-state index < -0.39 is 0 Å². The van der Waals surface area contributed by atoms with E-state index in [0.717, 1.165) is 52.0 Å². The van der Waals surface area contributed by atoms with Gasteiger partial charge in [-0.2, -0.15) is 0 Å². The number of aromatic nitrogens is 6. The van der Waals surface area contributed by atoms with Crippen molar-refractivity contribution >= 4 is 28.0 Å². The molecule has 6 aromatic rings. The molecule has 1 N–H and O–H groups in total. The summed E-state index contributed by atoms with van der Waals surface area (Å²) in [4.78, 5) is 31.4. The van der Waals surface area contributed by atoms with Crippen molar-refractivity contribution in [1.82, 2.24) is 34.4 Å². The summed E-state index contributed by atoms with van der Waals surface area (Å²) < 4.78 is 3.98. The Kier molecular flexibility index (Phi) is 5.90. The largest absolute Gasteiger partial charge is 0.352 e. The number of nitrogens with one attached hydrogen (secondary N) is 1. The highest BCUT2D eigenvalue weighted by atomic mass is 16.1. The molecule has 0 unspecified atom stereocenters. The molecule has 0 saturated carbocycles. The van der Waals surface area contributed by atoms with E-state index in [-0.39, 0.29) is 5.91 Å². The standard InChI is InChI=1S/C29H25N7O/c1-35-19-32-25-16-21(9-11-26(25)35)28-27(20-6-3-2-4-7-20)33-23-10-8-22(17-24(23)34-28)29(37)31-12-5-14-36-15-13-30-18-36/h2-4,6-11,13,15-19H,5,12,14H2,1H3,(H,31,37). The zero-order valence-electron chi connectivity index (χ0n) is 20.4. The lowest BCUT2D eigenvalue weighted by Gasteiger charge is -2.12. The summed E-state index contributed by atoms with van der Waals surface area (Å²) in [6, 6.07) is 21.6. The molecule has 0 radical (unpaired) electrons. The first-order valence-corrected chi connectivity index (χ1v) is 12.2. The van der Waals surface area contributed by atoms with Gasteiger partial charge in [-0.05, 0) is 36.8 Å². The second kappa shape index (κ2) is 9.66. The summed E-state index contributed by atoms with van der Waals surface area (Å²) in [5.74, 6) is -0.127. The number of imidazole rings is 2. The number of fused-ring (bicyclic) bond motifs is 2. The first-order valence-electron chi connectivity index (χ1n) is 12.2. The molecule has 3 aromatic carbocycles. The molecule has 0 spiro atoms. The maximum atomic E-state index is 12.9. The van der Waals surface area contributed by atoms with Gasteiger partial charge in [-0.25, -0.2) is 19.9 Å². The van der Waals surface area contributed by atoms with Gasteiger partial charge in [-0.1, -0.05) is 36.4 Å². The van der Waals surface area contributed by atoms with Gasteiger partial charge in [0.25, 0.3) is 5.91 Å². The molecule has 0 aliphatic rings. The van der Waals surface area contributed by atoms with Crippen LogP contribution in [0.5, 0.6) is 0 Å². The van der Waals surface area contributed by atoms with E-state index in [4.69, 9.17) is 9.97 Å². The van der Waals surface area contributed by atoms with Gasteiger partial charge in [0.15, 0.2) is 0 Å². The highest BCUT2D eigenvalue weighted by Gasteiger charge is 2.16. The molecule has 0 aliphatic carbocycles. The monoisotopic (exact) mass is 487 g/mol. The molecule has 3 heterocycles. The average Bonchev–Trinajstić information content (AvgIpc) is 3.60. The fourth-order valence-electron chi connectivity index (χ4n) is 4.46. The number of aryl methyl sites for hydroxylation is 2. The lowest BCUT2D eigenvalue weighted by molar-refractivity contribution is 0.0953. The van der Waals surface area contributed by atoms with Crippen molar-refractivity contribution in [3.8, 4) is 22.5 Å². The Balaban J connectivity index is 1.34. The van der Waals surface area contributed by atoms with E-state index in [0.29, 0.717) is 17.6 Å². The zero-order valence-corrected chi connectivity index (χ0v) is 20.4. The third kappa shape index (κ3) is 4.56. The van der Waals surface area contributed by atoms with E-state index in [1.54, 1.807) is 24.9 Å². The lowest BCUT2D eigenvalue weighted by Crippen LogP contribution is -2.25. The predicted octanol–water partition coefficient (Wildman–Crippen LogP) is 4.87. The minimum atomic E-state index is -0.127. The molecule has 8 heteroatoms. The van der Waals surface area contributed by atoms with Crippen LogP contribution in [0.1, 0.15) is 16.8 Å². The Morgan fingerprint density at radius 2 is 1.70 bits per heavy atom. The van der Waals surface area contributed by atoms with Crippen molar-refractivity contribution in [1.29, 1.82) is 0 Å². The minimum Gasteiger partial charge on any atom is -0.352 e. The normalized spacial score (nSPS) is 11.3. The number of hydrogen-bond acceptors (Lipinski definition) is 5. The van der Waals surface area contributed by atoms with Crippen LogP contribution in [0, 0.1) is 0 Å². The van der Waals surface area contributed by atoms with Gasteiger partial charge in [-0.15, -0.1) is 0 Å². The van der Waals surface area contributed by atoms with Crippen LogP contribution in [0.25, 0.3) is 44.6 Å². The Morgan fingerprint density at radius 1 is 0.865 bits per heavy atom. The highest BCUT2D eigenvalue weighted by Crippen LogP contribution is 2.32. The van der Waals surface area contributed by atoms with E-state index in [9.17, 15) is 4.79 Å². The summed E-state index contributed by atoms with van der Waals surface area (Å²) in [5.41, 5.74) is 7.35. The van der Waals surface area contributed by atoms with Crippen LogP contribution in [0.2, 0.25) is 0 Å². The van der Waals surface area contributed by atoms with Crippen molar-refractivity contribution in [2.75, 3.05) is 6.54 Å². The molecule has 182 valence electrons. The fraction of sp³-hybridized carbons (Fsp3) is 0.138. The first kappa shape index (κ1) is 22.6. The number of nitrogens with zero attached hydrogens (tertiary/aromatic N) is 6.